The lowest BCUT2D eigenvalue weighted by Crippen LogP contribution is -2.32. The number of esters is 1. The van der Waals surface area contributed by atoms with Crippen LogP contribution in [0.2, 0.25) is 0 Å². The van der Waals surface area contributed by atoms with E-state index >= 15 is 0 Å². The van der Waals surface area contributed by atoms with Crippen LogP contribution < -0.4 is 0 Å². The summed E-state index contributed by atoms with van der Waals surface area (Å²) in [4.78, 5) is 14.0. The SMILES string of the molecule is O=C1OCc2cc(CCN3CCc4cc(Br)ccc4C3)ccc21. The summed E-state index contributed by atoms with van der Waals surface area (Å²) in [7, 11) is 0. The highest BCUT2D eigenvalue weighted by Gasteiger charge is 2.21. The molecule has 0 fully saturated rings. The van der Waals surface area contributed by atoms with E-state index < -0.39 is 0 Å². The molecule has 0 radical (unpaired) electrons. The minimum Gasteiger partial charge on any atom is -0.457 e. The predicted molar refractivity (Wildman–Crippen MR) is 92.4 cm³/mol. The van der Waals surface area contributed by atoms with E-state index in [1.165, 1.54) is 21.2 Å². The molecule has 4 rings (SSSR count). The van der Waals surface area contributed by atoms with Crippen molar-refractivity contribution in [2.24, 2.45) is 0 Å². The molecule has 0 aliphatic carbocycles. The number of fused-ring (bicyclic) bond motifs is 2. The standard InChI is InChI=1S/C19H18BrNO2/c20-17-3-2-15-11-21(8-6-14(15)10-17)7-5-13-1-4-18-16(9-13)12-23-19(18)22/h1-4,9-10H,5-8,11-12H2. The highest BCUT2D eigenvalue weighted by molar-refractivity contribution is 9.10. The topological polar surface area (TPSA) is 29.5 Å². The molecule has 0 aromatic heterocycles. The third kappa shape index (κ3) is 3.06. The maximum absolute atomic E-state index is 11.5. The number of nitrogens with zero attached hydrogens (tertiary/aromatic N) is 1. The van der Waals surface area contributed by atoms with Crippen LogP contribution in [-0.4, -0.2) is 24.0 Å². The normalized spacial score (nSPS) is 16.8. The Morgan fingerprint density at radius 2 is 2.00 bits per heavy atom. The second-order valence-corrected chi connectivity index (χ2v) is 7.17. The van der Waals surface area contributed by atoms with Gasteiger partial charge in [-0.1, -0.05) is 34.1 Å². The first-order valence-corrected chi connectivity index (χ1v) is 8.77. The van der Waals surface area contributed by atoms with Crippen molar-refractivity contribution in [1.82, 2.24) is 4.90 Å². The van der Waals surface area contributed by atoms with Gasteiger partial charge < -0.3 is 4.74 Å². The van der Waals surface area contributed by atoms with Gasteiger partial charge in [0.05, 0.1) is 5.56 Å². The zero-order chi connectivity index (χ0) is 15.8. The van der Waals surface area contributed by atoms with Crippen molar-refractivity contribution in [3.8, 4) is 0 Å². The molecule has 2 aliphatic heterocycles. The Hall–Kier alpha value is -1.65. The zero-order valence-corrected chi connectivity index (χ0v) is 14.4. The first-order valence-electron chi connectivity index (χ1n) is 7.97. The summed E-state index contributed by atoms with van der Waals surface area (Å²) in [5.41, 5.74) is 5.94. The summed E-state index contributed by atoms with van der Waals surface area (Å²) < 4.78 is 6.23. The number of halogens is 1. The van der Waals surface area contributed by atoms with Crippen molar-refractivity contribution in [3.05, 3.63) is 68.7 Å². The Bertz CT molecular complexity index is 772. The Kier molecular flexibility index (Phi) is 3.95. The Balaban J connectivity index is 1.40. The van der Waals surface area contributed by atoms with Crippen LogP contribution in [0.3, 0.4) is 0 Å². The average molecular weight is 372 g/mol. The lowest BCUT2D eigenvalue weighted by atomic mass is 9.99. The summed E-state index contributed by atoms with van der Waals surface area (Å²) >= 11 is 3.55. The Morgan fingerprint density at radius 1 is 1.09 bits per heavy atom. The Morgan fingerprint density at radius 3 is 2.91 bits per heavy atom. The molecule has 0 saturated heterocycles. The molecule has 2 aromatic rings. The largest absolute Gasteiger partial charge is 0.457 e. The second-order valence-electron chi connectivity index (χ2n) is 6.26. The molecule has 0 atom stereocenters. The van der Waals surface area contributed by atoms with Gasteiger partial charge in [0, 0.05) is 29.7 Å². The van der Waals surface area contributed by atoms with Crippen molar-refractivity contribution in [3.63, 3.8) is 0 Å². The van der Waals surface area contributed by atoms with Gasteiger partial charge in [0.1, 0.15) is 6.61 Å². The van der Waals surface area contributed by atoms with Gasteiger partial charge in [-0.15, -0.1) is 0 Å². The molecule has 0 amide bonds. The van der Waals surface area contributed by atoms with Gasteiger partial charge in [0.2, 0.25) is 0 Å². The molecule has 4 heteroatoms. The quantitative estimate of drug-likeness (QED) is 0.770. The first-order chi connectivity index (χ1) is 11.2. The fourth-order valence-electron chi connectivity index (χ4n) is 3.40. The van der Waals surface area contributed by atoms with E-state index in [2.05, 4.69) is 51.2 Å². The summed E-state index contributed by atoms with van der Waals surface area (Å²) in [5, 5.41) is 0. The lowest BCUT2D eigenvalue weighted by Gasteiger charge is -2.29. The van der Waals surface area contributed by atoms with Gasteiger partial charge in [-0.05, 0) is 47.7 Å². The van der Waals surface area contributed by atoms with E-state index in [1.807, 2.05) is 6.07 Å². The molecule has 118 valence electrons. The van der Waals surface area contributed by atoms with Crippen LogP contribution in [0.5, 0.6) is 0 Å². The third-order valence-corrected chi connectivity index (χ3v) is 5.22. The van der Waals surface area contributed by atoms with Crippen molar-refractivity contribution in [2.75, 3.05) is 13.1 Å². The number of cyclic esters (lactones) is 1. The summed E-state index contributed by atoms with van der Waals surface area (Å²) in [6, 6.07) is 12.7. The minimum absolute atomic E-state index is 0.189. The fraction of sp³-hybridized carbons (Fsp3) is 0.316. The highest BCUT2D eigenvalue weighted by Crippen LogP contribution is 2.24. The molecule has 23 heavy (non-hydrogen) atoms. The maximum atomic E-state index is 11.5. The minimum atomic E-state index is -0.189. The van der Waals surface area contributed by atoms with E-state index in [-0.39, 0.29) is 5.97 Å². The maximum Gasteiger partial charge on any atom is 0.338 e. The highest BCUT2D eigenvalue weighted by atomic mass is 79.9. The van der Waals surface area contributed by atoms with Gasteiger partial charge >= 0.3 is 5.97 Å². The number of benzene rings is 2. The van der Waals surface area contributed by atoms with Crippen molar-refractivity contribution in [2.45, 2.75) is 26.0 Å². The molecule has 2 heterocycles. The molecule has 0 saturated carbocycles. The van der Waals surface area contributed by atoms with Gasteiger partial charge in [-0.2, -0.15) is 0 Å². The van der Waals surface area contributed by atoms with E-state index in [1.54, 1.807) is 0 Å². The molecule has 2 aromatic carbocycles. The van der Waals surface area contributed by atoms with E-state index in [4.69, 9.17) is 4.74 Å². The zero-order valence-electron chi connectivity index (χ0n) is 12.8. The summed E-state index contributed by atoms with van der Waals surface area (Å²) in [6.07, 6.45) is 2.12. The lowest BCUT2D eigenvalue weighted by molar-refractivity contribution is 0.0535. The number of carbonyl (C=O) groups is 1. The third-order valence-electron chi connectivity index (χ3n) is 4.72. The number of ether oxygens (including phenoxy) is 1. The van der Waals surface area contributed by atoms with E-state index in [0.717, 1.165) is 43.6 Å². The Labute approximate surface area is 144 Å². The number of hydrogen-bond acceptors (Lipinski definition) is 3. The first kappa shape index (κ1) is 14.9. The van der Waals surface area contributed by atoms with E-state index in [0.29, 0.717) is 6.61 Å². The predicted octanol–water partition coefficient (Wildman–Crippen LogP) is 3.72. The molecule has 0 N–H and O–H groups in total. The molecule has 0 spiro atoms. The molecular formula is C19H18BrNO2. The van der Waals surface area contributed by atoms with Crippen LogP contribution in [0.15, 0.2) is 40.9 Å². The van der Waals surface area contributed by atoms with Crippen LogP contribution >= 0.6 is 15.9 Å². The monoisotopic (exact) mass is 371 g/mol. The van der Waals surface area contributed by atoms with Gasteiger partial charge in [-0.3, -0.25) is 4.90 Å². The summed E-state index contributed by atoms with van der Waals surface area (Å²) in [6.45, 7) is 3.60. The van der Waals surface area contributed by atoms with Crippen molar-refractivity contribution in [1.29, 1.82) is 0 Å². The van der Waals surface area contributed by atoms with Gasteiger partial charge in [0.25, 0.3) is 0 Å². The molecule has 2 aliphatic rings. The van der Waals surface area contributed by atoms with Gasteiger partial charge in [0.15, 0.2) is 0 Å². The fourth-order valence-corrected chi connectivity index (χ4v) is 3.81. The molecular weight excluding hydrogens is 354 g/mol. The van der Waals surface area contributed by atoms with Crippen molar-refractivity contribution < 1.29 is 9.53 Å². The smallest absolute Gasteiger partial charge is 0.338 e. The van der Waals surface area contributed by atoms with Crippen LogP contribution in [-0.2, 0) is 30.7 Å². The van der Waals surface area contributed by atoms with Crippen molar-refractivity contribution >= 4 is 21.9 Å². The number of hydrogen-bond donors (Lipinski definition) is 0. The van der Waals surface area contributed by atoms with Crippen LogP contribution in [0, 0.1) is 0 Å². The second kappa shape index (κ2) is 6.10. The molecule has 3 nitrogen and oxygen atoms in total. The number of carbonyl (C=O) groups excluding carboxylic acids is 1. The van der Waals surface area contributed by atoms with E-state index in [9.17, 15) is 4.79 Å². The molecule has 0 unspecified atom stereocenters. The number of rotatable bonds is 3. The molecule has 0 bridgehead atoms. The van der Waals surface area contributed by atoms with Crippen LogP contribution in [0.4, 0.5) is 0 Å². The summed E-state index contributed by atoms with van der Waals surface area (Å²) in [5.74, 6) is -0.189. The van der Waals surface area contributed by atoms with Gasteiger partial charge in [-0.25, -0.2) is 4.79 Å². The van der Waals surface area contributed by atoms with Crippen LogP contribution in [0.1, 0.15) is 32.6 Å². The van der Waals surface area contributed by atoms with Crippen LogP contribution in [0.25, 0.3) is 0 Å². The average Bonchev–Trinajstić information content (AvgIpc) is 2.93.